The maximum Gasteiger partial charge on any atom is 0.233 e. The van der Waals surface area contributed by atoms with Crippen LogP contribution in [0, 0.1) is 5.82 Å². The van der Waals surface area contributed by atoms with Crippen LogP contribution in [0.2, 0.25) is 5.02 Å². The third kappa shape index (κ3) is 2.31. The van der Waals surface area contributed by atoms with Crippen LogP contribution in [0.1, 0.15) is 32.3 Å². The Morgan fingerprint density at radius 1 is 1.45 bits per heavy atom. The summed E-state index contributed by atoms with van der Waals surface area (Å²) in [6.45, 7) is 5.05. The maximum absolute atomic E-state index is 14.3. The highest BCUT2D eigenvalue weighted by atomic mass is 35.5. The molecule has 0 bridgehead atoms. The second-order valence-corrected chi connectivity index (χ2v) is 5.74. The van der Waals surface area contributed by atoms with Crippen LogP contribution in [-0.2, 0) is 10.2 Å². The van der Waals surface area contributed by atoms with Crippen molar-refractivity contribution in [3.05, 3.63) is 34.6 Å². The molecule has 1 saturated carbocycles. The molecule has 3 nitrogen and oxygen atoms in total. The van der Waals surface area contributed by atoms with Crippen molar-refractivity contribution < 1.29 is 9.18 Å². The van der Waals surface area contributed by atoms with E-state index in [-0.39, 0.29) is 17.0 Å². The van der Waals surface area contributed by atoms with E-state index in [9.17, 15) is 9.18 Å². The van der Waals surface area contributed by atoms with E-state index >= 15 is 0 Å². The second kappa shape index (κ2) is 5.70. The molecule has 0 unspecified atom stereocenters. The summed E-state index contributed by atoms with van der Waals surface area (Å²) in [6, 6.07) is 4.76. The van der Waals surface area contributed by atoms with Gasteiger partial charge in [0.25, 0.3) is 0 Å². The molecular formula is C15H20ClFN2O. The number of benzene rings is 1. The van der Waals surface area contributed by atoms with Gasteiger partial charge in [0.1, 0.15) is 5.82 Å². The quantitative estimate of drug-likeness (QED) is 0.929. The molecule has 1 aromatic carbocycles. The Morgan fingerprint density at radius 3 is 2.55 bits per heavy atom. The summed E-state index contributed by atoms with van der Waals surface area (Å²) >= 11 is 5.86. The molecule has 20 heavy (non-hydrogen) atoms. The molecule has 0 saturated heterocycles. The first-order valence-corrected chi connectivity index (χ1v) is 7.33. The molecule has 1 aliphatic carbocycles. The highest BCUT2D eigenvalue weighted by Gasteiger charge is 2.52. The summed E-state index contributed by atoms with van der Waals surface area (Å²) in [7, 11) is 0. The van der Waals surface area contributed by atoms with Crippen molar-refractivity contribution in [2.45, 2.75) is 38.1 Å². The molecule has 0 spiro atoms. The maximum atomic E-state index is 14.3. The van der Waals surface area contributed by atoms with Crippen LogP contribution in [-0.4, -0.2) is 29.9 Å². The first-order chi connectivity index (χ1) is 9.46. The molecule has 2 rings (SSSR count). The summed E-state index contributed by atoms with van der Waals surface area (Å²) in [4.78, 5) is 14.5. The number of rotatable bonds is 4. The predicted octanol–water partition coefficient (Wildman–Crippen LogP) is 2.71. The number of carbonyl (C=O) groups is 1. The molecule has 0 aliphatic heterocycles. The Bertz CT molecular complexity index is 511. The summed E-state index contributed by atoms with van der Waals surface area (Å²) in [5.41, 5.74) is 5.41. The van der Waals surface area contributed by atoms with E-state index < -0.39 is 11.2 Å². The third-order valence-electron chi connectivity index (χ3n) is 4.15. The predicted molar refractivity (Wildman–Crippen MR) is 78.2 cm³/mol. The Hall–Kier alpha value is -1.13. The van der Waals surface area contributed by atoms with E-state index in [1.165, 1.54) is 6.07 Å². The fourth-order valence-electron chi connectivity index (χ4n) is 3.03. The lowest BCUT2D eigenvalue weighted by molar-refractivity contribution is -0.141. The largest absolute Gasteiger partial charge is 0.342 e. The van der Waals surface area contributed by atoms with Crippen LogP contribution >= 0.6 is 11.6 Å². The van der Waals surface area contributed by atoms with E-state index in [0.717, 1.165) is 0 Å². The van der Waals surface area contributed by atoms with Gasteiger partial charge in [-0.2, -0.15) is 0 Å². The second-order valence-electron chi connectivity index (χ2n) is 5.33. The summed E-state index contributed by atoms with van der Waals surface area (Å²) in [5.74, 6) is -0.549. The molecule has 110 valence electrons. The van der Waals surface area contributed by atoms with Gasteiger partial charge in [-0.25, -0.2) is 4.39 Å². The highest BCUT2D eigenvalue weighted by Crippen LogP contribution is 2.46. The lowest BCUT2D eigenvalue weighted by Crippen LogP contribution is -2.59. The molecule has 1 aromatic rings. The lowest BCUT2D eigenvalue weighted by Gasteiger charge is -2.47. The van der Waals surface area contributed by atoms with Crippen molar-refractivity contribution in [1.82, 2.24) is 4.90 Å². The van der Waals surface area contributed by atoms with E-state index in [0.29, 0.717) is 31.5 Å². The zero-order valence-electron chi connectivity index (χ0n) is 11.8. The van der Waals surface area contributed by atoms with E-state index in [1.807, 2.05) is 13.8 Å². The molecular weight excluding hydrogens is 279 g/mol. The van der Waals surface area contributed by atoms with Gasteiger partial charge >= 0.3 is 0 Å². The fraction of sp³-hybridized carbons (Fsp3) is 0.533. The molecule has 0 aromatic heterocycles. The minimum absolute atomic E-state index is 0.0506. The van der Waals surface area contributed by atoms with Gasteiger partial charge in [-0.1, -0.05) is 23.7 Å². The van der Waals surface area contributed by atoms with Crippen molar-refractivity contribution in [3.8, 4) is 0 Å². The first-order valence-electron chi connectivity index (χ1n) is 6.95. The van der Waals surface area contributed by atoms with Crippen molar-refractivity contribution >= 4 is 17.5 Å². The number of nitrogens with two attached hydrogens (primary N) is 1. The minimum Gasteiger partial charge on any atom is -0.342 e. The number of carbonyl (C=O) groups excluding carboxylic acids is 1. The SMILES string of the molecule is CCN(CC)C(=O)[C@]1(c2cccc(Cl)c2F)C[C@@H](N)C1. The van der Waals surface area contributed by atoms with Crippen molar-refractivity contribution in [1.29, 1.82) is 0 Å². The molecule has 0 heterocycles. The summed E-state index contributed by atoms with van der Waals surface area (Å²) in [5, 5.41) is 0.0506. The number of hydrogen-bond acceptors (Lipinski definition) is 2. The average molecular weight is 299 g/mol. The smallest absolute Gasteiger partial charge is 0.233 e. The number of likely N-dealkylation sites (N-methyl/N-ethyl adjacent to an activating group) is 1. The van der Waals surface area contributed by atoms with Gasteiger partial charge in [0.2, 0.25) is 5.91 Å². The zero-order chi connectivity index (χ0) is 14.9. The zero-order valence-corrected chi connectivity index (χ0v) is 12.6. The number of amides is 1. The highest BCUT2D eigenvalue weighted by molar-refractivity contribution is 6.30. The van der Waals surface area contributed by atoms with Gasteiger partial charge in [0.05, 0.1) is 10.4 Å². The van der Waals surface area contributed by atoms with Gasteiger partial charge in [0, 0.05) is 24.7 Å². The van der Waals surface area contributed by atoms with Crippen LogP contribution in [0.3, 0.4) is 0 Å². The minimum atomic E-state index is -0.847. The van der Waals surface area contributed by atoms with Crippen LogP contribution in [0.25, 0.3) is 0 Å². The molecule has 2 N–H and O–H groups in total. The van der Waals surface area contributed by atoms with E-state index in [1.54, 1.807) is 17.0 Å². The molecule has 1 amide bonds. The standard InChI is InChI=1S/C15H20ClFN2O/c1-3-19(4-2)14(20)15(8-10(18)9-15)11-6-5-7-12(16)13(11)17/h5-7,10H,3-4,8-9,18H2,1-2H3/t10-,15-. The Morgan fingerprint density at radius 2 is 2.05 bits per heavy atom. The number of hydrogen-bond donors (Lipinski definition) is 1. The topological polar surface area (TPSA) is 46.3 Å². The summed E-state index contributed by atoms with van der Waals surface area (Å²) < 4.78 is 14.3. The third-order valence-corrected chi connectivity index (χ3v) is 4.44. The first kappa shape index (κ1) is 15.3. The van der Waals surface area contributed by atoms with Gasteiger partial charge < -0.3 is 10.6 Å². The molecule has 0 atom stereocenters. The van der Waals surface area contributed by atoms with Crippen molar-refractivity contribution in [3.63, 3.8) is 0 Å². The van der Waals surface area contributed by atoms with Crippen molar-refractivity contribution in [2.24, 2.45) is 5.73 Å². The van der Waals surface area contributed by atoms with Gasteiger partial charge in [-0.15, -0.1) is 0 Å². The van der Waals surface area contributed by atoms with Gasteiger partial charge in [-0.3, -0.25) is 4.79 Å². The number of halogens is 2. The van der Waals surface area contributed by atoms with Gasteiger partial charge in [-0.05, 0) is 32.8 Å². The molecule has 5 heteroatoms. The van der Waals surface area contributed by atoms with Crippen LogP contribution in [0.4, 0.5) is 4.39 Å². The molecule has 0 radical (unpaired) electrons. The fourth-order valence-corrected chi connectivity index (χ4v) is 3.21. The Kier molecular flexibility index (Phi) is 4.35. The molecule has 1 aliphatic rings. The Balaban J connectivity index is 2.45. The van der Waals surface area contributed by atoms with Gasteiger partial charge in [0.15, 0.2) is 0 Å². The summed E-state index contributed by atoms with van der Waals surface area (Å²) in [6.07, 6.45) is 0.944. The number of nitrogens with zero attached hydrogens (tertiary/aromatic N) is 1. The molecule has 1 fully saturated rings. The van der Waals surface area contributed by atoms with Crippen LogP contribution < -0.4 is 5.73 Å². The monoisotopic (exact) mass is 298 g/mol. The van der Waals surface area contributed by atoms with Crippen molar-refractivity contribution in [2.75, 3.05) is 13.1 Å². The van der Waals surface area contributed by atoms with Crippen LogP contribution in [0.5, 0.6) is 0 Å². The normalized spacial score (nSPS) is 25.1. The Labute approximate surface area is 123 Å². The van der Waals surface area contributed by atoms with Crippen LogP contribution in [0.15, 0.2) is 18.2 Å². The van der Waals surface area contributed by atoms with E-state index in [2.05, 4.69) is 0 Å². The lowest BCUT2D eigenvalue weighted by atomic mass is 9.60. The average Bonchev–Trinajstić information content (AvgIpc) is 2.39. The van der Waals surface area contributed by atoms with E-state index in [4.69, 9.17) is 17.3 Å².